The summed E-state index contributed by atoms with van der Waals surface area (Å²) in [5.74, 6) is -1.20. The Bertz CT molecular complexity index is 509. The van der Waals surface area contributed by atoms with E-state index in [1.807, 2.05) is 12.2 Å². The Kier molecular flexibility index (Phi) is 2.51. The van der Waals surface area contributed by atoms with Crippen LogP contribution in [0.15, 0.2) is 36.4 Å². The lowest BCUT2D eigenvalue weighted by atomic mass is 9.85. The van der Waals surface area contributed by atoms with Crippen LogP contribution in [-0.2, 0) is 9.59 Å². The van der Waals surface area contributed by atoms with Crippen molar-refractivity contribution in [3.63, 3.8) is 0 Å². The zero-order valence-corrected chi connectivity index (χ0v) is 9.67. The number of rotatable bonds is 1. The molecule has 1 aliphatic carbocycles. The molecule has 1 heterocycles. The third kappa shape index (κ3) is 1.56. The summed E-state index contributed by atoms with van der Waals surface area (Å²) in [4.78, 5) is 25.6. The van der Waals surface area contributed by atoms with E-state index in [0.29, 0.717) is 18.5 Å². The molecule has 0 aromatic heterocycles. The molecule has 1 aromatic carbocycles. The first-order valence-electron chi connectivity index (χ1n) is 5.97. The molecule has 1 saturated heterocycles. The van der Waals surface area contributed by atoms with Crippen molar-refractivity contribution >= 4 is 17.5 Å². The lowest BCUT2D eigenvalue weighted by molar-refractivity contribution is -0.122. The molecule has 1 fully saturated rings. The number of nitrogens with zero attached hydrogens (tertiary/aromatic N) is 1. The van der Waals surface area contributed by atoms with Crippen LogP contribution >= 0.6 is 0 Å². The first kappa shape index (κ1) is 11.1. The van der Waals surface area contributed by atoms with Crippen molar-refractivity contribution in [1.29, 1.82) is 0 Å². The highest BCUT2D eigenvalue weighted by Crippen LogP contribution is 2.37. The first-order valence-corrected chi connectivity index (χ1v) is 5.97. The second-order valence-electron chi connectivity index (χ2n) is 4.64. The lowest BCUT2D eigenvalue weighted by Crippen LogP contribution is -2.30. The summed E-state index contributed by atoms with van der Waals surface area (Å²) >= 11 is 0. The van der Waals surface area contributed by atoms with Gasteiger partial charge in [-0.3, -0.25) is 14.5 Å². The number of carbonyl (C=O) groups excluding carboxylic acids is 2. The van der Waals surface area contributed by atoms with E-state index in [9.17, 15) is 14.0 Å². The molecule has 18 heavy (non-hydrogen) atoms. The molecule has 1 aliphatic heterocycles. The van der Waals surface area contributed by atoms with Crippen LogP contribution in [0, 0.1) is 17.7 Å². The third-order valence-corrected chi connectivity index (χ3v) is 3.59. The first-order chi connectivity index (χ1) is 8.68. The van der Waals surface area contributed by atoms with E-state index in [-0.39, 0.29) is 29.5 Å². The second kappa shape index (κ2) is 4.05. The smallest absolute Gasteiger partial charge is 0.238 e. The van der Waals surface area contributed by atoms with Gasteiger partial charge in [0.1, 0.15) is 5.82 Å². The van der Waals surface area contributed by atoms with Crippen molar-refractivity contribution in [2.24, 2.45) is 11.8 Å². The summed E-state index contributed by atoms with van der Waals surface area (Å²) in [6.07, 6.45) is 5.13. The predicted molar refractivity (Wildman–Crippen MR) is 64.2 cm³/mol. The minimum atomic E-state index is -0.378. The minimum absolute atomic E-state index is 0.166. The molecule has 92 valence electrons. The van der Waals surface area contributed by atoms with Gasteiger partial charge in [0.05, 0.1) is 17.5 Å². The molecule has 0 bridgehead atoms. The summed E-state index contributed by atoms with van der Waals surface area (Å²) in [5, 5.41) is 0. The molecule has 0 radical (unpaired) electrons. The largest absolute Gasteiger partial charge is 0.274 e. The van der Waals surface area contributed by atoms with Gasteiger partial charge in [-0.2, -0.15) is 0 Å². The number of imide groups is 1. The molecule has 2 amide bonds. The van der Waals surface area contributed by atoms with E-state index in [4.69, 9.17) is 0 Å². The molecule has 1 aromatic rings. The van der Waals surface area contributed by atoms with Gasteiger partial charge >= 0.3 is 0 Å². The van der Waals surface area contributed by atoms with Crippen LogP contribution in [-0.4, -0.2) is 11.8 Å². The monoisotopic (exact) mass is 245 g/mol. The molecule has 4 heteroatoms. The van der Waals surface area contributed by atoms with E-state index in [1.165, 1.54) is 29.2 Å². The van der Waals surface area contributed by atoms with Gasteiger partial charge in [-0.05, 0) is 37.1 Å². The maximum Gasteiger partial charge on any atom is 0.238 e. The molecular formula is C14H12FNO2. The summed E-state index contributed by atoms with van der Waals surface area (Å²) < 4.78 is 12.9. The Balaban J connectivity index is 1.96. The Morgan fingerprint density at radius 3 is 1.94 bits per heavy atom. The lowest BCUT2D eigenvalue weighted by Gasteiger charge is -2.14. The van der Waals surface area contributed by atoms with E-state index in [0.717, 1.165) is 0 Å². The molecule has 0 N–H and O–H groups in total. The van der Waals surface area contributed by atoms with Crippen LogP contribution in [0.2, 0.25) is 0 Å². The van der Waals surface area contributed by atoms with E-state index < -0.39 is 0 Å². The SMILES string of the molecule is O=C1[C@H]2CC=CC[C@H]2C(=O)N1c1ccc(F)cc1. The van der Waals surface area contributed by atoms with Crippen LogP contribution in [0.4, 0.5) is 10.1 Å². The molecular weight excluding hydrogens is 233 g/mol. The fraction of sp³-hybridized carbons (Fsp3) is 0.286. The van der Waals surface area contributed by atoms with E-state index in [1.54, 1.807) is 0 Å². The predicted octanol–water partition coefficient (Wildman–Crippen LogP) is 2.28. The molecule has 2 atom stereocenters. The number of amides is 2. The van der Waals surface area contributed by atoms with Crippen molar-refractivity contribution < 1.29 is 14.0 Å². The summed E-state index contributed by atoms with van der Waals surface area (Å²) in [7, 11) is 0. The third-order valence-electron chi connectivity index (χ3n) is 3.59. The van der Waals surface area contributed by atoms with Gasteiger partial charge in [-0.1, -0.05) is 12.2 Å². The molecule has 3 rings (SSSR count). The van der Waals surface area contributed by atoms with Gasteiger partial charge in [-0.25, -0.2) is 4.39 Å². The zero-order valence-electron chi connectivity index (χ0n) is 9.67. The number of anilines is 1. The quantitative estimate of drug-likeness (QED) is 0.562. The van der Waals surface area contributed by atoms with Crippen LogP contribution in [0.5, 0.6) is 0 Å². The Morgan fingerprint density at radius 2 is 1.44 bits per heavy atom. The van der Waals surface area contributed by atoms with Crippen LogP contribution in [0.25, 0.3) is 0 Å². The van der Waals surface area contributed by atoms with Crippen LogP contribution < -0.4 is 4.90 Å². The maximum atomic E-state index is 12.9. The van der Waals surface area contributed by atoms with Gasteiger partial charge in [-0.15, -0.1) is 0 Å². The number of carbonyl (C=O) groups is 2. The second-order valence-corrected chi connectivity index (χ2v) is 4.64. The van der Waals surface area contributed by atoms with Gasteiger partial charge in [0.25, 0.3) is 0 Å². The molecule has 0 unspecified atom stereocenters. The van der Waals surface area contributed by atoms with Crippen molar-refractivity contribution in [2.75, 3.05) is 4.90 Å². The zero-order chi connectivity index (χ0) is 12.7. The normalized spacial score (nSPS) is 26.6. The highest BCUT2D eigenvalue weighted by molar-refractivity contribution is 6.22. The fourth-order valence-electron chi connectivity index (χ4n) is 2.64. The van der Waals surface area contributed by atoms with Gasteiger partial charge in [0, 0.05) is 0 Å². The van der Waals surface area contributed by atoms with Crippen molar-refractivity contribution in [3.05, 3.63) is 42.2 Å². The standard InChI is InChI=1S/C14H12FNO2/c15-9-5-7-10(8-6-9)16-13(17)11-3-1-2-4-12(11)14(16)18/h1-2,5-8,11-12H,3-4H2/t11-,12+. The number of benzene rings is 1. The Labute approximate surface area is 104 Å². The number of hydrogen-bond donors (Lipinski definition) is 0. The summed E-state index contributed by atoms with van der Waals surface area (Å²) in [6.45, 7) is 0. The molecule has 3 nitrogen and oxygen atoms in total. The van der Waals surface area contributed by atoms with Crippen molar-refractivity contribution in [1.82, 2.24) is 0 Å². The average Bonchev–Trinajstić information content (AvgIpc) is 2.64. The van der Waals surface area contributed by atoms with E-state index in [2.05, 4.69) is 0 Å². The van der Waals surface area contributed by atoms with E-state index >= 15 is 0 Å². The van der Waals surface area contributed by atoms with Crippen molar-refractivity contribution in [3.8, 4) is 0 Å². The fourth-order valence-corrected chi connectivity index (χ4v) is 2.64. The maximum absolute atomic E-state index is 12.9. The number of hydrogen-bond acceptors (Lipinski definition) is 2. The molecule has 2 aliphatic rings. The number of fused-ring (bicyclic) bond motifs is 1. The van der Waals surface area contributed by atoms with Crippen LogP contribution in [0.3, 0.4) is 0 Å². The van der Waals surface area contributed by atoms with Gasteiger partial charge in [0.2, 0.25) is 11.8 Å². The molecule has 0 spiro atoms. The number of halogens is 1. The summed E-state index contributed by atoms with van der Waals surface area (Å²) in [6, 6.07) is 5.46. The highest BCUT2D eigenvalue weighted by Gasteiger charge is 2.47. The number of allylic oxidation sites excluding steroid dienone is 2. The average molecular weight is 245 g/mol. The minimum Gasteiger partial charge on any atom is -0.274 e. The van der Waals surface area contributed by atoms with Crippen molar-refractivity contribution in [2.45, 2.75) is 12.8 Å². The highest BCUT2D eigenvalue weighted by atomic mass is 19.1. The Morgan fingerprint density at radius 1 is 0.944 bits per heavy atom. The Hall–Kier alpha value is -1.97. The van der Waals surface area contributed by atoms with Gasteiger partial charge in [0.15, 0.2) is 0 Å². The topological polar surface area (TPSA) is 37.4 Å². The molecule has 0 saturated carbocycles. The van der Waals surface area contributed by atoms with Crippen LogP contribution in [0.1, 0.15) is 12.8 Å². The summed E-state index contributed by atoms with van der Waals surface area (Å²) in [5.41, 5.74) is 0.459. The van der Waals surface area contributed by atoms with Gasteiger partial charge < -0.3 is 0 Å².